The van der Waals surface area contributed by atoms with E-state index >= 15 is 0 Å². The minimum atomic E-state index is -5.31. The molecule has 0 atom stereocenters. The molecular weight excluding hydrogens is 442 g/mol. The Bertz CT molecular complexity index is 482. The van der Waals surface area contributed by atoms with E-state index in [4.69, 9.17) is 19.6 Å². The first kappa shape index (κ1) is 33.4. The fourth-order valence-electron chi connectivity index (χ4n) is 3.72. The Morgan fingerprint density at radius 1 is 0.516 bits per heavy atom. The maximum atomic E-state index is 11.3. The number of aliphatic hydroxyl groups is 1. The molecule has 31 heavy (non-hydrogen) atoms. The van der Waals surface area contributed by atoms with Gasteiger partial charge in [-0.2, -0.15) is 0 Å². The van der Waals surface area contributed by atoms with E-state index in [1.54, 1.807) is 0 Å². The van der Waals surface area contributed by atoms with E-state index in [1.165, 1.54) is 83.5 Å². The Balaban J connectivity index is 0. The summed E-state index contributed by atoms with van der Waals surface area (Å²) >= 11 is 0. The molecule has 0 aliphatic rings. The summed E-state index contributed by atoms with van der Waals surface area (Å²) in [5, 5.41) is 6.54. The van der Waals surface area contributed by atoms with E-state index in [-0.39, 0.29) is 11.9 Å². The highest BCUT2D eigenvalue weighted by Crippen LogP contribution is 2.69. The van der Waals surface area contributed by atoms with Gasteiger partial charge in [-0.1, -0.05) is 116 Å². The highest BCUT2D eigenvalue weighted by atomic mass is 31.2. The second-order valence-corrected chi connectivity index (χ2v) is 12.6. The summed E-state index contributed by atoms with van der Waals surface area (Å²) < 4.78 is 22.5. The van der Waals surface area contributed by atoms with Crippen molar-refractivity contribution in [3.05, 3.63) is 0 Å². The summed E-state index contributed by atoms with van der Waals surface area (Å²) in [5.41, 5.74) is 0. The minimum absolute atomic E-state index is 0. The van der Waals surface area contributed by atoms with Crippen LogP contribution in [0.5, 0.6) is 0 Å². The summed E-state index contributed by atoms with van der Waals surface area (Å²) in [6.45, 7) is 2.25. The molecule has 0 fully saturated rings. The summed E-state index contributed by atoms with van der Waals surface area (Å²) in [6, 6.07) is 0. The third-order valence-corrected chi connectivity index (χ3v) is 9.68. The molecule has 0 aliphatic heterocycles. The summed E-state index contributed by atoms with van der Waals surface area (Å²) in [5.74, 6) is 0. The van der Waals surface area contributed by atoms with Crippen molar-refractivity contribution in [3.63, 3.8) is 0 Å². The maximum absolute atomic E-state index is 11.3. The summed E-state index contributed by atoms with van der Waals surface area (Å²) in [7, 11) is -10.6. The molecule has 8 nitrogen and oxygen atoms in total. The fraction of sp³-hybridized carbons (Fsp3) is 1.00. The highest BCUT2D eigenvalue weighted by Gasteiger charge is 2.58. The van der Waals surface area contributed by atoms with Crippen molar-refractivity contribution in [1.29, 1.82) is 0 Å². The number of hydrogen-bond acceptors (Lipinski definition) is 3. The lowest BCUT2D eigenvalue weighted by atomic mass is 10.0. The van der Waals surface area contributed by atoms with Crippen LogP contribution in [-0.2, 0) is 9.13 Å². The van der Waals surface area contributed by atoms with Crippen molar-refractivity contribution in [2.24, 2.45) is 0 Å². The second kappa shape index (κ2) is 18.6. The average molecular weight is 491 g/mol. The van der Waals surface area contributed by atoms with Crippen molar-refractivity contribution in [3.8, 4) is 0 Å². The molecular formula is C21H48O8P2. The van der Waals surface area contributed by atoms with E-state index in [0.29, 0.717) is 6.42 Å². The summed E-state index contributed by atoms with van der Waals surface area (Å²) in [4.78, 5) is 36.3. The normalized spacial score (nSPS) is 12.7. The largest absolute Gasteiger partial charge is 0.412 e. The van der Waals surface area contributed by atoms with Gasteiger partial charge in [0.15, 0.2) is 0 Å². The van der Waals surface area contributed by atoms with Crippen LogP contribution in [-0.4, -0.2) is 35.2 Å². The van der Waals surface area contributed by atoms with Gasteiger partial charge in [-0.15, -0.1) is 0 Å². The van der Waals surface area contributed by atoms with Crippen molar-refractivity contribution in [2.45, 2.75) is 134 Å². The Hall–Kier alpha value is 0.220. The topological polar surface area (TPSA) is 167 Å². The molecule has 0 amide bonds. The molecule has 0 rings (SSSR count). The van der Waals surface area contributed by atoms with Gasteiger partial charge in [-0.25, -0.2) is 0 Å². The van der Waals surface area contributed by atoms with E-state index < -0.39 is 26.7 Å². The Labute approximate surface area is 188 Å². The molecule has 0 aliphatic carbocycles. The van der Waals surface area contributed by atoms with Crippen LogP contribution < -0.4 is 0 Å². The zero-order chi connectivity index (χ0) is 22.9. The molecule has 0 saturated carbocycles. The average Bonchev–Trinajstić information content (AvgIpc) is 2.65. The van der Waals surface area contributed by atoms with Crippen LogP contribution in [0.15, 0.2) is 0 Å². The predicted molar refractivity (Wildman–Crippen MR) is 126 cm³/mol. The van der Waals surface area contributed by atoms with Crippen LogP contribution in [0.1, 0.15) is 129 Å². The van der Waals surface area contributed by atoms with Gasteiger partial charge in [0.25, 0.3) is 5.08 Å². The van der Waals surface area contributed by atoms with E-state index in [9.17, 15) is 14.2 Å². The molecule has 0 bridgehead atoms. The zero-order valence-electron chi connectivity index (χ0n) is 19.4. The highest BCUT2D eigenvalue weighted by molar-refractivity contribution is 7.72. The van der Waals surface area contributed by atoms with Gasteiger partial charge in [0.05, 0.1) is 0 Å². The molecule has 0 heterocycles. The van der Waals surface area contributed by atoms with Crippen molar-refractivity contribution < 1.29 is 39.3 Å². The molecule has 7 N–H and O–H groups in total. The molecule has 190 valence electrons. The first-order valence-electron chi connectivity index (χ1n) is 11.9. The molecule has 0 spiro atoms. The van der Waals surface area contributed by atoms with E-state index in [0.717, 1.165) is 19.3 Å². The molecule has 0 aromatic carbocycles. The standard InChI is InChI=1S/C21H46O7P2.H2O/c1-2-3-4-5-6-7-8-9-10-11-12-13-14-15-16-17-18-19-20-21(22,29(23,24)25)30(26,27)28;/h22H,2-20H2,1H3,(H2,23,24,25)(H2,26,27,28);1H2. The van der Waals surface area contributed by atoms with Crippen LogP contribution in [0, 0.1) is 0 Å². The first-order valence-corrected chi connectivity index (χ1v) is 15.1. The Kier molecular flexibility index (Phi) is 20.1. The zero-order valence-corrected chi connectivity index (χ0v) is 21.2. The van der Waals surface area contributed by atoms with Crippen LogP contribution in [0.4, 0.5) is 0 Å². The number of rotatable bonds is 21. The van der Waals surface area contributed by atoms with Crippen LogP contribution in [0.3, 0.4) is 0 Å². The molecule has 0 radical (unpaired) electrons. The smallest absolute Gasteiger partial charge is 0.369 e. The maximum Gasteiger partial charge on any atom is 0.369 e. The van der Waals surface area contributed by atoms with Crippen molar-refractivity contribution in [1.82, 2.24) is 0 Å². The third kappa shape index (κ3) is 15.6. The van der Waals surface area contributed by atoms with Gasteiger partial charge in [-0.3, -0.25) is 9.13 Å². The fourth-order valence-corrected chi connectivity index (χ4v) is 5.98. The number of unbranched alkanes of at least 4 members (excludes halogenated alkanes) is 17. The van der Waals surface area contributed by atoms with Gasteiger partial charge in [-0.05, 0) is 12.8 Å². The van der Waals surface area contributed by atoms with Crippen LogP contribution >= 0.6 is 15.2 Å². The van der Waals surface area contributed by atoms with Crippen LogP contribution in [0.2, 0.25) is 0 Å². The molecule has 0 aromatic heterocycles. The molecule has 0 unspecified atom stereocenters. The molecule has 0 saturated heterocycles. The van der Waals surface area contributed by atoms with Gasteiger partial charge >= 0.3 is 15.2 Å². The quantitative estimate of drug-likeness (QED) is 0.103. The third-order valence-electron chi connectivity index (χ3n) is 5.80. The van der Waals surface area contributed by atoms with Gasteiger partial charge in [0.2, 0.25) is 0 Å². The summed E-state index contributed by atoms with van der Waals surface area (Å²) in [6.07, 6.45) is 20.3. The lowest BCUT2D eigenvalue weighted by Gasteiger charge is -2.29. The molecule has 10 heteroatoms. The SMILES string of the molecule is CCCCCCCCCCCCCCCCCCCCC(O)(P(=O)(O)O)P(=O)(O)O.O. The predicted octanol–water partition coefficient (Wildman–Crippen LogP) is 5.60. The van der Waals surface area contributed by atoms with E-state index in [1.807, 2.05) is 0 Å². The lowest BCUT2D eigenvalue weighted by molar-refractivity contribution is 0.120. The van der Waals surface area contributed by atoms with Crippen molar-refractivity contribution >= 4 is 15.2 Å². The Morgan fingerprint density at radius 2 is 0.742 bits per heavy atom. The second-order valence-electron chi connectivity index (χ2n) is 8.62. The van der Waals surface area contributed by atoms with Gasteiger partial charge in [0, 0.05) is 0 Å². The van der Waals surface area contributed by atoms with Gasteiger partial charge < -0.3 is 30.2 Å². The van der Waals surface area contributed by atoms with Gasteiger partial charge in [0.1, 0.15) is 0 Å². The first-order chi connectivity index (χ1) is 14.1. The van der Waals surface area contributed by atoms with Crippen LogP contribution in [0.25, 0.3) is 0 Å². The number of hydrogen-bond donors (Lipinski definition) is 5. The Morgan fingerprint density at radius 3 is 0.968 bits per heavy atom. The molecule has 0 aromatic rings. The van der Waals surface area contributed by atoms with Crippen molar-refractivity contribution in [2.75, 3.05) is 0 Å². The monoisotopic (exact) mass is 490 g/mol. The minimum Gasteiger partial charge on any atom is -0.412 e. The lowest BCUT2D eigenvalue weighted by Crippen LogP contribution is -2.28. The van der Waals surface area contributed by atoms with E-state index in [2.05, 4.69) is 6.92 Å².